The predicted molar refractivity (Wildman–Crippen MR) is 67.3 cm³/mol. The maximum absolute atomic E-state index is 12.1. The first-order valence-electron chi connectivity index (χ1n) is 5.74. The van der Waals surface area contributed by atoms with Gasteiger partial charge in [-0.1, -0.05) is 0 Å². The molecule has 0 aliphatic heterocycles. The maximum Gasteiger partial charge on any atom is 0.252 e. The molecular formula is C12H16N4O2. The zero-order chi connectivity index (χ0) is 13.3. The molecule has 1 atom stereocenters. The van der Waals surface area contributed by atoms with Gasteiger partial charge in [0.25, 0.3) is 5.91 Å². The number of aromatic nitrogens is 3. The van der Waals surface area contributed by atoms with Gasteiger partial charge in [-0.2, -0.15) is 5.10 Å². The number of aliphatic hydroxyl groups excluding tert-OH is 1. The molecule has 6 heteroatoms. The van der Waals surface area contributed by atoms with E-state index in [1.165, 1.54) is 0 Å². The number of carbonyl (C=O) groups excluding carboxylic acids is 1. The van der Waals surface area contributed by atoms with Gasteiger partial charge in [0.15, 0.2) is 5.65 Å². The lowest BCUT2D eigenvalue weighted by atomic mass is 10.1. The summed E-state index contributed by atoms with van der Waals surface area (Å²) in [5.74, 6) is -0.222. The van der Waals surface area contributed by atoms with Crippen LogP contribution in [0, 0.1) is 6.92 Å². The van der Waals surface area contributed by atoms with E-state index in [2.05, 4.69) is 15.4 Å². The molecule has 2 aromatic rings. The van der Waals surface area contributed by atoms with Crippen LogP contribution in [-0.2, 0) is 7.05 Å². The largest absolute Gasteiger partial charge is 0.394 e. The van der Waals surface area contributed by atoms with Crippen molar-refractivity contribution in [2.24, 2.45) is 7.05 Å². The smallest absolute Gasteiger partial charge is 0.252 e. The fourth-order valence-corrected chi connectivity index (χ4v) is 1.77. The molecule has 1 amide bonds. The standard InChI is InChI=1S/C12H16N4O2/c1-7-4-9(12(18)15-8(2)6-17)10-5-13-16(3)11(10)14-7/h4-5,8,17H,6H2,1-3H3,(H,15,18). The van der Waals surface area contributed by atoms with E-state index in [-0.39, 0.29) is 18.6 Å². The van der Waals surface area contributed by atoms with Gasteiger partial charge in [0.2, 0.25) is 0 Å². The molecule has 96 valence electrons. The molecule has 0 bridgehead atoms. The summed E-state index contributed by atoms with van der Waals surface area (Å²) in [6.07, 6.45) is 1.63. The third kappa shape index (κ3) is 2.19. The molecule has 0 saturated heterocycles. The Morgan fingerprint density at radius 3 is 3.00 bits per heavy atom. The topological polar surface area (TPSA) is 80.0 Å². The molecule has 0 radical (unpaired) electrons. The fourth-order valence-electron chi connectivity index (χ4n) is 1.77. The van der Waals surface area contributed by atoms with Crippen molar-refractivity contribution in [2.75, 3.05) is 6.61 Å². The first kappa shape index (κ1) is 12.5. The van der Waals surface area contributed by atoms with Crippen LogP contribution >= 0.6 is 0 Å². The minimum atomic E-state index is -0.280. The summed E-state index contributed by atoms with van der Waals surface area (Å²) < 4.78 is 1.63. The Kier molecular flexibility index (Phi) is 3.29. The predicted octanol–water partition coefficient (Wildman–Crippen LogP) is 0.387. The lowest BCUT2D eigenvalue weighted by Gasteiger charge is -2.11. The molecule has 0 saturated carbocycles. The molecule has 0 fully saturated rings. The Bertz CT molecular complexity index is 591. The lowest BCUT2D eigenvalue weighted by molar-refractivity contribution is 0.0924. The molecule has 1 unspecified atom stereocenters. The summed E-state index contributed by atoms with van der Waals surface area (Å²) in [7, 11) is 1.78. The van der Waals surface area contributed by atoms with E-state index in [0.29, 0.717) is 16.6 Å². The maximum atomic E-state index is 12.1. The second-order valence-corrected chi connectivity index (χ2v) is 4.37. The van der Waals surface area contributed by atoms with E-state index in [4.69, 9.17) is 5.11 Å². The summed E-state index contributed by atoms with van der Waals surface area (Å²) in [5, 5.41) is 16.5. The average molecular weight is 248 g/mol. The Hall–Kier alpha value is -1.95. The summed E-state index contributed by atoms with van der Waals surface area (Å²) in [6, 6.07) is 1.45. The van der Waals surface area contributed by atoms with E-state index < -0.39 is 0 Å². The number of hydrogen-bond acceptors (Lipinski definition) is 4. The van der Waals surface area contributed by atoms with Gasteiger partial charge in [0.1, 0.15) is 0 Å². The highest BCUT2D eigenvalue weighted by molar-refractivity contribution is 6.05. The minimum absolute atomic E-state index is 0.0913. The van der Waals surface area contributed by atoms with Gasteiger partial charge >= 0.3 is 0 Å². The van der Waals surface area contributed by atoms with Crippen molar-refractivity contribution < 1.29 is 9.90 Å². The highest BCUT2D eigenvalue weighted by Gasteiger charge is 2.15. The number of aliphatic hydroxyl groups is 1. The number of pyridine rings is 1. The Balaban J connectivity index is 2.47. The molecular weight excluding hydrogens is 232 g/mol. The summed E-state index contributed by atoms with van der Waals surface area (Å²) >= 11 is 0. The summed E-state index contributed by atoms with van der Waals surface area (Å²) in [5.41, 5.74) is 1.97. The minimum Gasteiger partial charge on any atom is -0.394 e. The number of aryl methyl sites for hydroxylation is 2. The number of nitrogens with zero attached hydrogens (tertiary/aromatic N) is 3. The Labute approximate surface area is 105 Å². The number of hydrogen-bond donors (Lipinski definition) is 2. The van der Waals surface area contributed by atoms with Crippen molar-refractivity contribution >= 4 is 16.9 Å². The quantitative estimate of drug-likeness (QED) is 0.823. The van der Waals surface area contributed by atoms with Crippen molar-refractivity contribution in [3.63, 3.8) is 0 Å². The molecule has 2 aromatic heterocycles. The second kappa shape index (κ2) is 4.73. The zero-order valence-corrected chi connectivity index (χ0v) is 10.6. The zero-order valence-electron chi connectivity index (χ0n) is 10.6. The number of amides is 1. The van der Waals surface area contributed by atoms with Gasteiger partial charge in [-0.25, -0.2) is 4.98 Å². The van der Waals surface area contributed by atoms with Crippen LogP contribution in [0.5, 0.6) is 0 Å². The molecule has 0 spiro atoms. The molecule has 2 N–H and O–H groups in total. The molecule has 6 nitrogen and oxygen atoms in total. The van der Waals surface area contributed by atoms with E-state index in [1.807, 2.05) is 6.92 Å². The van der Waals surface area contributed by atoms with Gasteiger partial charge in [0, 0.05) is 18.8 Å². The van der Waals surface area contributed by atoms with Crippen LogP contribution in [0.4, 0.5) is 0 Å². The number of carbonyl (C=O) groups is 1. The third-order valence-electron chi connectivity index (χ3n) is 2.73. The SMILES string of the molecule is Cc1cc(C(=O)NC(C)CO)c2cnn(C)c2n1. The normalized spacial score (nSPS) is 12.7. The van der Waals surface area contributed by atoms with Crippen molar-refractivity contribution in [2.45, 2.75) is 19.9 Å². The van der Waals surface area contributed by atoms with E-state index in [1.54, 1.807) is 30.9 Å². The van der Waals surface area contributed by atoms with Gasteiger partial charge in [-0.3, -0.25) is 9.48 Å². The molecule has 2 rings (SSSR count). The van der Waals surface area contributed by atoms with Crippen LogP contribution < -0.4 is 5.32 Å². The van der Waals surface area contributed by atoms with Gasteiger partial charge < -0.3 is 10.4 Å². The number of rotatable bonds is 3. The highest BCUT2D eigenvalue weighted by atomic mass is 16.3. The van der Waals surface area contributed by atoms with Gasteiger partial charge in [0.05, 0.1) is 23.8 Å². The van der Waals surface area contributed by atoms with E-state index in [0.717, 1.165) is 5.69 Å². The van der Waals surface area contributed by atoms with Crippen LogP contribution in [0.2, 0.25) is 0 Å². The van der Waals surface area contributed by atoms with Crippen molar-refractivity contribution in [1.29, 1.82) is 0 Å². The van der Waals surface area contributed by atoms with Crippen LogP contribution in [0.1, 0.15) is 23.0 Å². The Morgan fingerprint density at radius 2 is 2.33 bits per heavy atom. The van der Waals surface area contributed by atoms with Crippen LogP contribution in [0.15, 0.2) is 12.3 Å². The van der Waals surface area contributed by atoms with Crippen molar-refractivity contribution in [3.05, 3.63) is 23.5 Å². The molecule has 0 aliphatic rings. The second-order valence-electron chi connectivity index (χ2n) is 4.37. The molecule has 18 heavy (non-hydrogen) atoms. The number of fused-ring (bicyclic) bond motifs is 1. The Morgan fingerprint density at radius 1 is 1.61 bits per heavy atom. The van der Waals surface area contributed by atoms with Crippen LogP contribution in [0.25, 0.3) is 11.0 Å². The number of nitrogens with one attached hydrogen (secondary N) is 1. The van der Waals surface area contributed by atoms with Gasteiger partial charge in [-0.05, 0) is 19.9 Å². The molecule has 0 aromatic carbocycles. The van der Waals surface area contributed by atoms with Crippen molar-refractivity contribution in [3.8, 4) is 0 Å². The van der Waals surface area contributed by atoms with E-state index in [9.17, 15) is 4.79 Å². The fraction of sp³-hybridized carbons (Fsp3) is 0.417. The van der Waals surface area contributed by atoms with Gasteiger partial charge in [-0.15, -0.1) is 0 Å². The lowest BCUT2D eigenvalue weighted by Crippen LogP contribution is -2.35. The highest BCUT2D eigenvalue weighted by Crippen LogP contribution is 2.17. The first-order valence-corrected chi connectivity index (χ1v) is 5.74. The third-order valence-corrected chi connectivity index (χ3v) is 2.73. The van der Waals surface area contributed by atoms with Crippen LogP contribution in [0.3, 0.4) is 0 Å². The summed E-state index contributed by atoms with van der Waals surface area (Å²) in [6.45, 7) is 3.48. The summed E-state index contributed by atoms with van der Waals surface area (Å²) in [4.78, 5) is 16.5. The average Bonchev–Trinajstić information content (AvgIpc) is 2.70. The molecule has 2 heterocycles. The first-order chi connectivity index (χ1) is 8.52. The van der Waals surface area contributed by atoms with Crippen LogP contribution in [-0.4, -0.2) is 38.4 Å². The van der Waals surface area contributed by atoms with Crippen molar-refractivity contribution in [1.82, 2.24) is 20.1 Å². The van der Waals surface area contributed by atoms with E-state index >= 15 is 0 Å². The monoisotopic (exact) mass is 248 g/mol. The molecule has 0 aliphatic carbocycles.